The monoisotopic (exact) mass is 573 g/mol. The predicted molar refractivity (Wildman–Crippen MR) is 153 cm³/mol. The van der Waals surface area contributed by atoms with Crippen molar-refractivity contribution in [2.75, 3.05) is 31.1 Å². The fourth-order valence-corrected chi connectivity index (χ4v) is 6.61. The fraction of sp³-hybridized carbons (Fsp3) is 0.167. The number of aromatic nitrogens is 3. The first-order valence-corrected chi connectivity index (χ1v) is 14.6. The molecule has 0 unspecified atom stereocenters. The minimum atomic E-state index is -3.54. The molecule has 3 heterocycles. The molecule has 11 heteroatoms. The number of nitrogens with zero attached hydrogens (tertiary/aromatic N) is 5. The summed E-state index contributed by atoms with van der Waals surface area (Å²) in [5, 5.41) is 5.07. The van der Waals surface area contributed by atoms with Gasteiger partial charge in [0.1, 0.15) is 11.6 Å². The minimum Gasteiger partial charge on any atom is -0.367 e. The maximum Gasteiger partial charge on any atom is 0.281 e. The summed E-state index contributed by atoms with van der Waals surface area (Å²) in [5.41, 5.74) is 2.08. The van der Waals surface area contributed by atoms with Crippen LogP contribution in [0.5, 0.6) is 0 Å². The number of hydrogen-bond donors (Lipinski definition) is 0. The first-order chi connectivity index (χ1) is 19.8. The molecule has 6 rings (SSSR count). The summed E-state index contributed by atoms with van der Waals surface area (Å²) in [6.45, 7) is 1.09. The second kappa shape index (κ2) is 10.8. The van der Waals surface area contributed by atoms with Crippen molar-refractivity contribution in [3.05, 3.63) is 119 Å². The standard InChI is InChI=1S/C30H25F2N5O3S/c31-24-15-25(32)17-26(16-24)37-30(38)29(23-14-22-8-4-5-9-27(22)33-18-23)28(19-34-37)35-10-12-36(13-11-35)41(39,40)20-21-6-2-1-3-7-21/h1-9,14-19H,10-13,20H2. The van der Waals surface area contributed by atoms with Crippen molar-refractivity contribution < 1.29 is 17.2 Å². The van der Waals surface area contributed by atoms with Crippen LogP contribution in [0, 0.1) is 11.6 Å². The molecule has 2 aromatic heterocycles. The van der Waals surface area contributed by atoms with E-state index in [4.69, 9.17) is 0 Å². The van der Waals surface area contributed by atoms with Crippen LogP contribution in [0.25, 0.3) is 27.7 Å². The molecule has 0 atom stereocenters. The van der Waals surface area contributed by atoms with E-state index in [9.17, 15) is 22.0 Å². The number of sulfonamides is 1. The lowest BCUT2D eigenvalue weighted by molar-refractivity contribution is 0.384. The molecule has 5 aromatic rings. The van der Waals surface area contributed by atoms with E-state index in [2.05, 4.69) is 10.1 Å². The van der Waals surface area contributed by atoms with Gasteiger partial charge < -0.3 is 4.90 Å². The summed E-state index contributed by atoms with van der Waals surface area (Å²) in [6.07, 6.45) is 3.06. The Balaban J connectivity index is 1.37. The van der Waals surface area contributed by atoms with Gasteiger partial charge in [-0.2, -0.15) is 14.1 Å². The Hall–Kier alpha value is -4.48. The van der Waals surface area contributed by atoms with E-state index in [0.29, 0.717) is 29.9 Å². The number of benzene rings is 3. The quantitative estimate of drug-likeness (QED) is 0.300. The third kappa shape index (κ3) is 5.46. The largest absolute Gasteiger partial charge is 0.367 e. The number of halogens is 2. The second-order valence-electron chi connectivity index (χ2n) is 9.79. The Morgan fingerprint density at radius 1 is 0.805 bits per heavy atom. The normalized spacial score (nSPS) is 14.4. The molecular weight excluding hydrogens is 548 g/mol. The highest BCUT2D eigenvalue weighted by atomic mass is 32.2. The molecular formula is C30H25F2N5O3S. The van der Waals surface area contributed by atoms with Gasteiger partial charge in [0.05, 0.1) is 34.4 Å². The van der Waals surface area contributed by atoms with Gasteiger partial charge in [0.25, 0.3) is 5.56 Å². The molecule has 0 saturated carbocycles. The van der Waals surface area contributed by atoms with Crippen molar-refractivity contribution in [3.63, 3.8) is 0 Å². The lowest BCUT2D eigenvalue weighted by Gasteiger charge is -2.36. The smallest absolute Gasteiger partial charge is 0.281 e. The minimum absolute atomic E-state index is 0.0501. The molecule has 1 aliphatic rings. The van der Waals surface area contributed by atoms with Gasteiger partial charge in [-0.05, 0) is 29.8 Å². The van der Waals surface area contributed by atoms with Crippen molar-refractivity contribution >= 4 is 26.6 Å². The average Bonchev–Trinajstić information content (AvgIpc) is 2.96. The zero-order valence-corrected chi connectivity index (χ0v) is 22.6. The third-order valence-electron chi connectivity index (χ3n) is 7.09. The van der Waals surface area contributed by atoms with Crippen molar-refractivity contribution in [1.82, 2.24) is 19.1 Å². The number of anilines is 1. The average molecular weight is 574 g/mol. The molecule has 0 radical (unpaired) electrons. The number of para-hydroxylation sites is 1. The zero-order chi connectivity index (χ0) is 28.6. The maximum absolute atomic E-state index is 14.0. The lowest BCUT2D eigenvalue weighted by atomic mass is 10.0. The second-order valence-corrected chi connectivity index (χ2v) is 11.8. The van der Waals surface area contributed by atoms with Gasteiger partial charge in [-0.1, -0.05) is 48.5 Å². The van der Waals surface area contributed by atoms with Crippen molar-refractivity contribution in [2.24, 2.45) is 0 Å². The van der Waals surface area contributed by atoms with E-state index in [0.717, 1.165) is 33.8 Å². The first kappa shape index (κ1) is 26.7. The van der Waals surface area contributed by atoms with Gasteiger partial charge in [-0.15, -0.1) is 0 Å². The van der Waals surface area contributed by atoms with Crippen LogP contribution in [0.4, 0.5) is 14.5 Å². The molecule has 0 aliphatic carbocycles. The number of piperazine rings is 1. The Kier molecular flexibility index (Phi) is 7.06. The van der Waals surface area contributed by atoms with Crippen LogP contribution < -0.4 is 10.5 Å². The summed E-state index contributed by atoms with van der Waals surface area (Å²) in [4.78, 5) is 20.3. The Bertz CT molecular complexity index is 1890. The van der Waals surface area contributed by atoms with E-state index >= 15 is 0 Å². The van der Waals surface area contributed by atoms with Gasteiger partial charge in [0.2, 0.25) is 10.0 Å². The maximum atomic E-state index is 14.0. The summed E-state index contributed by atoms with van der Waals surface area (Å²) in [6, 6.07) is 21.1. The first-order valence-electron chi connectivity index (χ1n) is 13.0. The molecule has 1 fully saturated rings. The van der Waals surface area contributed by atoms with Crippen LogP contribution in [-0.4, -0.2) is 53.7 Å². The molecule has 0 bridgehead atoms. The van der Waals surface area contributed by atoms with Gasteiger partial charge in [0.15, 0.2) is 0 Å². The van der Waals surface area contributed by atoms with E-state index in [1.165, 1.54) is 10.5 Å². The molecule has 41 heavy (non-hydrogen) atoms. The van der Waals surface area contributed by atoms with E-state index in [1.54, 1.807) is 30.5 Å². The Morgan fingerprint density at radius 2 is 1.49 bits per heavy atom. The van der Waals surface area contributed by atoms with Gasteiger partial charge in [0, 0.05) is 49.4 Å². The van der Waals surface area contributed by atoms with Crippen LogP contribution in [0.15, 0.2) is 96.1 Å². The van der Waals surface area contributed by atoms with Crippen LogP contribution in [-0.2, 0) is 15.8 Å². The Morgan fingerprint density at radius 3 is 2.22 bits per heavy atom. The third-order valence-corrected chi connectivity index (χ3v) is 8.94. The molecule has 1 saturated heterocycles. The van der Waals surface area contributed by atoms with Crippen LogP contribution in [0.2, 0.25) is 0 Å². The lowest BCUT2D eigenvalue weighted by Crippen LogP contribution is -2.49. The number of pyridine rings is 1. The summed E-state index contributed by atoms with van der Waals surface area (Å²) in [7, 11) is -3.54. The highest BCUT2D eigenvalue weighted by Crippen LogP contribution is 2.30. The SMILES string of the molecule is O=c1c(-c2cnc3ccccc3c2)c(N2CCN(S(=O)(=O)Cc3ccccc3)CC2)cnn1-c1cc(F)cc(F)c1. The van der Waals surface area contributed by atoms with Gasteiger partial charge in [-0.3, -0.25) is 9.78 Å². The summed E-state index contributed by atoms with van der Waals surface area (Å²) < 4.78 is 56.7. The van der Waals surface area contributed by atoms with Crippen LogP contribution in [0.1, 0.15) is 5.56 Å². The van der Waals surface area contributed by atoms with Crippen molar-refractivity contribution in [2.45, 2.75) is 5.75 Å². The van der Waals surface area contributed by atoms with E-state index < -0.39 is 27.2 Å². The molecule has 0 spiro atoms. The van der Waals surface area contributed by atoms with E-state index in [1.807, 2.05) is 41.3 Å². The highest BCUT2D eigenvalue weighted by molar-refractivity contribution is 7.88. The number of hydrogen-bond acceptors (Lipinski definition) is 6. The molecule has 208 valence electrons. The molecule has 8 nitrogen and oxygen atoms in total. The molecule has 0 amide bonds. The van der Waals surface area contributed by atoms with Crippen LogP contribution in [0.3, 0.4) is 0 Å². The summed E-state index contributed by atoms with van der Waals surface area (Å²) in [5.74, 6) is -1.76. The molecule has 1 aliphatic heterocycles. The highest BCUT2D eigenvalue weighted by Gasteiger charge is 2.29. The topological polar surface area (TPSA) is 88.4 Å². The van der Waals surface area contributed by atoms with E-state index in [-0.39, 0.29) is 30.1 Å². The molecule has 0 N–H and O–H groups in total. The van der Waals surface area contributed by atoms with Crippen LogP contribution >= 0.6 is 0 Å². The number of rotatable bonds is 6. The van der Waals surface area contributed by atoms with Gasteiger partial charge >= 0.3 is 0 Å². The van der Waals surface area contributed by atoms with Crippen molar-refractivity contribution in [3.8, 4) is 16.8 Å². The Labute approximate surface area is 235 Å². The number of fused-ring (bicyclic) bond motifs is 1. The molecule has 3 aromatic carbocycles. The predicted octanol–water partition coefficient (Wildman–Crippen LogP) is 4.38. The summed E-state index contributed by atoms with van der Waals surface area (Å²) >= 11 is 0. The zero-order valence-electron chi connectivity index (χ0n) is 21.8. The fourth-order valence-electron chi connectivity index (χ4n) is 5.09. The van der Waals surface area contributed by atoms with Crippen molar-refractivity contribution in [1.29, 1.82) is 0 Å². The van der Waals surface area contributed by atoms with Gasteiger partial charge in [-0.25, -0.2) is 17.2 Å².